The van der Waals surface area contributed by atoms with Crippen molar-refractivity contribution in [3.05, 3.63) is 69.9 Å². The molecule has 0 aromatic heterocycles. The van der Waals surface area contributed by atoms with Gasteiger partial charge in [-0.2, -0.15) is 5.26 Å². The Morgan fingerprint density at radius 1 is 1.21 bits per heavy atom. The van der Waals surface area contributed by atoms with E-state index in [1.165, 1.54) is 6.42 Å². The summed E-state index contributed by atoms with van der Waals surface area (Å²) < 4.78 is 0. The number of carbonyl (C=O) groups excluding carboxylic acids is 1. The van der Waals surface area contributed by atoms with Gasteiger partial charge in [0.2, 0.25) is 0 Å². The Morgan fingerprint density at radius 3 is 2.68 bits per heavy atom. The van der Waals surface area contributed by atoms with Gasteiger partial charge < -0.3 is 5.32 Å². The third kappa shape index (κ3) is 3.69. The summed E-state index contributed by atoms with van der Waals surface area (Å²) in [5.41, 5.74) is 3.46. The summed E-state index contributed by atoms with van der Waals surface area (Å²) in [5, 5.41) is 14.9. The van der Waals surface area contributed by atoms with Crippen LogP contribution in [0.2, 0.25) is 0 Å². The zero-order valence-electron chi connectivity index (χ0n) is 16.5. The van der Waals surface area contributed by atoms with E-state index >= 15 is 0 Å². The van der Waals surface area contributed by atoms with Gasteiger partial charge in [-0.1, -0.05) is 68.1 Å². The summed E-state index contributed by atoms with van der Waals surface area (Å²) in [6.07, 6.45) is 9.31. The molecule has 0 saturated carbocycles. The lowest BCUT2D eigenvalue weighted by atomic mass is 9.69. The number of nitrogens with zero attached hydrogens (tertiary/aromatic N) is 1. The van der Waals surface area contributed by atoms with Gasteiger partial charge >= 0.3 is 0 Å². The van der Waals surface area contributed by atoms with Gasteiger partial charge in [0.25, 0.3) is 0 Å². The minimum absolute atomic E-state index is 0.0607. The second-order valence-electron chi connectivity index (χ2n) is 8.67. The van der Waals surface area contributed by atoms with Crippen LogP contribution < -0.4 is 5.32 Å². The fourth-order valence-electron chi connectivity index (χ4n) is 4.48. The summed E-state index contributed by atoms with van der Waals surface area (Å²) >= 11 is 1.74. The van der Waals surface area contributed by atoms with Crippen molar-refractivity contribution in [2.45, 2.75) is 57.1 Å². The molecule has 0 radical (unpaired) electrons. The van der Waals surface area contributed by atoms with Crippen LogP contribution in [0.5, 0.6) is 0 Å². The number of hydrogen-bond acceptors (Lipinski definition) is 4. The van der Waals surface area contributed by atoms with Crippen LogP contribution in [0.1, 0.15) is 57.4 Å². The van der Waals surface area contributed by atoms with Crippen molar-refractivity contribution < 1.29 is 4.79 Å². The molecule has 0 spiro atoms. The molecule has 4 heteroatoms. The number of rotatable bonds is 3. The monoisotopic (exact) mass is 390 g/mol. The minimum Gasteiger partial charge on any atom is -0.352 e. The normalized spacial score (nSPS) is 26.5. The van der Waals surface area contributed by atoms with Gasteiger partial charge in [0, 0.05) is 22.9 Å². The number of ketones is 1. The molecule has 1 heterocycles. The van der Waals surface area contributed by atoms with Gasteiger partial charge in [-0.15, -0.1) is 0 Å². The summed E-state index contributed by atoms with van der Waals surface area (Å²) in [6.45, 7) is 4.29. The van der Waals surface area contributed by atoms with E-state index in [9.17, 15) is 10.1 Å². The number of thioether (sulfide) groups is 1. The molecule has 0 saturated heterocycles. The van der Waals surface area contributed by atoms with Gasteiger partial charge in [-0.3, -0.25) is 4.79 Å². The molecule has 1 aliphatic heterocycles. The highest BCUT2D eigenvalue weighted by atomic mass is 32.2. The Balaban J connectivity index is 1.80. The van der Waals surface area contributed by atoms with E-state index < -0.39 is 0 Å². The van der Waals surface area contributed by atoms with E-state index in [0.29, 0.717) is 17.2 Å². The van der Waals surface area contributed by atoms with E-state index in [1.807, 2.05) is 30.3 Å². The molecular weight excluding hydrogens is 364 g/mol. The maximum atomic E-state index is 13.1. The maximum Gasteiger partial charge on any atom is 0.162 e. The van der Waals surface area contributed by atoms with E-state index in [0.717, 1.165) is 41.1 Å². The number of nitrogens with one attached hydrogen (secondary N) is 1. The minimum atomic E-state index is -0.263. The highest BCUT2D eigenvalue weighted by Crippen LogP contribution is 2.48. The summed E-state index contributed by atoms with van der Waals surface area (Å²) in [5.74, 6) is -0.0944. The summed E-state index contributed by atoms with van der Waals surface area (Å²) in [6, 6.07) is 12.5. The highest BCUT2D eigenvalue weighted by Gasteiger charge is 2.42. The molecule has 0 amide bonds. The number of nitriles is 1. The second-order valence-corrected chi connectivity index (χ2v) is 9.92. The zero-order chi connectivity index (χ0) is 19.7. The molecular formula is C24H26N2OS. The van der Waals surface area contributed by atoms with Crippen LogP contribution >= 0.6 is 11.8 Å². The molecule has 28 heavy (non-hydrogen) atoms. The molecule has 4 rings (SSSR count). The lowest BCUT2D eigenvalue weighted by molar-refractivity contribution is -0.118. The van der Waals surface area contributed by atoms with Crippen molar-refractivity contribution in [1.29, 1.82) is 5.26 Å². The molecule has 2 atom stereocenters. The summed E-state index contributed by atoms with van der Waals surface area (Å²) in [4.78, 5) is 13.1. The number of allylic oxidation sites excluding steroid dienone is 4. The molecule has 0 bridgehead atoms. The van der Waals surface area contributed by atoms with E-state index in [2.05, 4.69) is 37.4 Å². The fraction of sp³-hybridized carbons (Fsp3) is 0.417. The average molecular weight is 391 g/mol. The van der Waals surface area contributed by atoms with E-state index in [1.54, 1.807) is 11.8 Å². The van der Waals surface area contributed by atoms with Crippen LogP contribution in [0.15, 0.2) is 64.4 Å². The Kier molecular flexibility index (Phi) is 5.21. The van der Waals surface area contributed by atoms with Crippen molar-refractivity contribution >= 4 is 17.5 Å². The molecule has 1 aromatic carbocycles. The van der Waals surface area contributed by atoms with Crippen molar-refractivity contribution in [2.24, 2.45) is 5.41 Å². The van der Waals surface area contributed by atoms with Crippen molar-refractivity contribution in [3.8, 4) is 6.07 Å². The Morgan fingerprint density at radius 2 is 2.00 bits per heavy atom. The van der Waals surface area contributed by atoms with E-state index in [-0.39, 0.29) is 17.1 Å². The number of carbonyl (C=O) groups is 1. The number of hydrogen-bond donors (Lipinski definition) is 1. The SMILES string of the molecule is CC1(C)CC(=O)C2=C(C1)NC(SC1C=CCCC1)=C(C#N)C2c1ccccc1. The molecule has 1 aromatic rings. The van der Waals surface area contributed by atoms with Crippen LogP contribution in [-0.2, 0) is 4.79 Å². The van der Waals surface area contributed by atoms with Crippen LogP contribution in [0, 0.1) is 16.7 Å². The molecule has 2 aliphatic carbocycles. The van der Waals surface area contributed by atoms with E-state index in [4.69, 9.17) is 0 Å². The second kappa shape index (κ2) is 7.64. The predicted molar refractivity (Wildman–Crippen MR) is 114 cm³/mol. The topological polar surface area (TPSA) is 52.9 Å². The number of dihydropyridines is 1. The predicted octanol–water partition coefficient (Wildman–Crippen LogP) is 5.59. The first-order valence-electron chi connectivity index (χ1n) is 10.0. The molecule has 1 N–H and O–H groups in total. The molecule has 3 aliphatic rings. The first kappa shape index (κ1) is 19.1. The summed E-state index contributed by atoms with van der Waals surface area (Å²) in [7, 11) is 0. The smallest absolute Gasteiger partial charge is 0.162 e. The van der Waals surface area contributed by atoms with Gasteiger partial charge in [-0.25, -0.2) is 0 Å². The standard InChI is InChI=1S/C24H26N2OS/c1-24(2)13-19-22(20(27)14-24)21(16-9-5-3-6-10-16)18(15-25)23(26-19)28-17-11-7-4-8-12-17/h3,5-7,9-11,17,21,26H,4,8,12-14H2,1-2H3. The largest absolute Gasteiger partial charge is 0.352 e. The van der Waals surface area contributed by atoms with Crippen LogP contribution in [0.4, 0.5) is 0 Å². The Labute approximate surface area is 171 Å². The Bertz CT molecular complexity index is 918. The lowest BCUT2D eigenvalue weighted by Crippen LogP contribution is -2.37. The molecule has 144 valence electrons. The van der Waals surface area contributed by atoms with Crippen LogP contribution in [0.25, 0.3) is 0 Å². The average Bonchev–Trinajstić information content (AvgIpc) is 2.67. The first-order chi connectivity index (χ1) is 13.5. The first-order valence-corrected chi connectivity index (χ1v) is 10.9. The van der Waals surface area contributed by atoms with Gasteiger partial charge in [-0.05, 0) is 36.7 Å². The highest BCUT2D eigenvalue weighted by molar-refractivity contribution is 8.03. The number of Topliss-reactive ketones (excluding diaryl/α,β-unsaturated/α-hetero) is 1. The van der Waals surface area contributed by atoms with Crippen molar-refractivity contribution in [3.63, 3.8) is 0 Å². The van der Waals surface area contributed by atoms with Gasteiger partial charge in [0.15, 0.2) is 5.78 Å². The van der Waals surface area contributed by atoms with Crippen LogP contribution in [0.3, 0.4) is 0 Å². The van der Waals surface area contributed by atoms with Crippen molar-refractivity contribution in [2.75, 3.05) is 0 Å². The fourth-order valence-corrected chi connectivity index (χ4v) is 5.73. The molecule has 0 fully saturated rings. The number of benzene rings is 1. The van der Waals surface area contributed by atoms with Gasteiger partial charge in [0.05, 0.1) is 22.6 Å². The third-order valence-corrected chi connectivity index (χ3v) is 6.99. The lowest BCUT2D eigenvalue weighted by Gasteiger charge is -2.39. The van der Waals surface area contributed by atoms with Gasteiger partial charge in [0.1, 0.15) is 0 Å². The maximum absolute atomic E-state index is 13.1. The van der Waals surface area contributed by atoms with Crippen molar-refractivity contribution in [1.82, 2.24) is 5.32 Å². The third-order valence-electron chi connectivity index (χ3n) is 5.74. The Hall–Kier alpha value is -2.25. The zero-order valence-corrected chi connectivity index (χ0v) is 17.3. The van der Waals surface area contributed by atoms with Crippen LogP contribution in [-0.4, -0.2) is 11.0 Å². The molecule has 3 nitrogen and oxygen atoms in total. The molecule has 2 unspecified atom stereocenters. The quantitative estimate of drug-likeness (QED) is 0.683.